The number of nitrogens with one attached hydrogen (secondary N) is 1. The summed E-state index contributed by atoms with van der Waals surface area (Å²) in [5.74, 6) is -0.219. The molecule has 0 aliphatic carbocycles. The lowest BCUT2D eigenvalue weighted by molar-refractivity contribution is -0.302. The van der Waals surface area contributed by atoms with Gasteiger partial charge in [-0.3, -0.25) is 9.59 Å². The number of amides is 1. The van der Waals surface area contributed by atoms with Gasteiger partial charge < -0.3 is 45.1 Å². The Morgan fingerprint density at radius 2 is 0.908 bits per heavy atom. The maximum atomic E-state index is 13.0. The Morgan fingerprint density at radius 1 is 0.500 bits per heavy atom. The molecular weight excluding hydrogens is 955 g/mol. The van der Waals surface area contributed by atoms with E-state index in [4.69, 9.17) is 14.2 Å². The Kier molecular flexibility index (Phi) is 51.0. The van der Waals surface area contributed by atoms with Crippen LogP contribution in [0.2, 0.25) is 0 Å². The van der Waals surface area contributed by atoms with Crippen molar-refractivity contribution in [3.63, 3.8) is 0 Å². The molecule has 7 unspecified atom stereocenters. The zero-order valence-corrected chi connectivity index (χ0v) is 48.7. The summed E-state index contributed by atoms with van der Waals surface area (Å²) in [5.41, 5.74) is 0. The van der Waals surface area contributed by atoms with Crippen molar-refractivity contribution in [1.82, 2.24) is 5.32 Å². The fraction of sp³-hybridized carbons (Fsp3) is 0.815. The van der Waals surface area contributed by atoms with Gasteiger partial charge >= 0.3 is 5.97 Å². The Hall–Kier alpha value is -2.64. The van der Waals surface area contributed by atoms with Gasteiger partial charge in [-0.25, -0.2) is 0 Å². The summed E-state index contributed by atoms with van der Waals surface area (Å²) >= 11 is 0. The maximum absolute atomic E-state index is 13.0. The van der Waals surface area contributed by atoms with Gasteiger partial charge in [-0.05, 0) is 103 Å². The molecule has 6 N–H and O–H groups in total. The monoisotopic (exact) mass is 1070 g/mol. The lowest BCUT2D eigenvalue weighted by Crippen LogP contribution is -2.60. The fourth-order valence-corrected chi connectivity index (χ4v) is 9.64. The second-order valence-electron chi connectivity index (χ2n) is 21.7. The number of unbranched alkanes of at least 4 members (excludes halogenated alkanes) is 33. The van der Waals surface area contributed by atoms with Gasteiger partial charge in [0.25, 0.3) is 0 Å². The first-order valence-corrected chi connectivity index (χ1v) is 31.5. The molecule has 0 aromatic carbocycles. The highest BCUT2D eigenvalue weighted by Gasteiger charge is 2.44. The molecule has 1 aliphatic rings. The standard InChI is InChI=1S/C65H117NO10/c1-3-5-7-9-11-13-14-15-16-17-20-24-27-30-33-37-41-45-49-53-61(70)74-54-50-46-42-38-34-31-28-25-22-19-18-21-23-26-29-32-36-40-44-48-52-60(69)66-57(58(68)51-47-43-39-35-12-10-8-6-4-2)56-75-65-64(73)63(72)62(71)59(55-67)76-65/h4,6,12,15-16,18,21,35,47,51,57-59,62-65,67-68,71-73H,3,5,7-11,13-14,17,19-20,22-34,36-46,48-50,52-56H2,1-2H3,(H,66,69)/b6-4+,16-15-,21-18-,35-12+,51-47+. The van der Waals surface area contributed by atoms with Crippen molar-refractivity contribution < 1.29 is 49.3 Å². The number of esters is 1. The van der Waals surface area contributed by atoms with Crippen LogP contribution in [0.4, 0.5) is 0 Å². The predicted octanol–water partition coefficient (Wildman–Crippen LogP) is 15.0. The van der Waals surface area contributed by atoms with Gasteiger partial charge in [0.1, 0.15) is 24.4 Å². The van der Waals surface area contributed by atoms with Crippen molar-refractivity contribution in [2.24, 2.45) is 0 Å². The Bertz CT molecular complexity index is 1450. The highest BCUT2D eigenvalue weighted by atomic mass is 16.7. The van der Waals surface area contributed by atoms with Gasteiger partial charge in [0, 0.05) is 12.8 Å². The largest absolute Gasteiger partial charge is 0.466 e. The zero-order valence-electron chi connectivity index (χ0n) is 48.7. The molecule has 1 rings (SSSR count). The van der Waals surface area contributed by atoms with E-state index >= 15 is 0 Å². The molecule has 11 nitrogen and oxygen atoms in total. The van der Waals surface area contributed by atoms with Gasteiger partial charge in [-0.15, -0.1) is 0 Å². The second kappa shape index (κ2) is 54.3. The molecule has 0 aromatic rings. The van der Waals surface area contributed by atoms with E-state index < -0.39 is 49.5 Å². The summed E-state index contributed by atoms with van der Waals surface area (Å²) in [6.07, 6.45) is 60.7. The number of allylic oxidation sites excluding steroid dienone is 9. The maximum Gasteiger partial charge on any atom is 0.305 e. The summed E-state index contributed by atoms with van der Waals surface area (Å²) in [5, 5.41) is 54.1. The van der Waals surface area contributed by atoms with Crippen molar-refractivity contribution in [2.45, 2.75) is 320 Å². The number of rotatable bonds is 54. The molecule has 0 radical (unpaired) electrons. The Balaban J connectivity index is 1.99. The summed E-state index contributed by atoms with van der Waals surface area (Å²) in [6, 6.07) is -0.841. The number of hydrogen-bond donors (Lipinski definition) is 6. The first-order valence-electron chi connectivity index (χ1n) is 31.5. The molecule has 442 valence electrons. The SMILES string of the molecule is C/C=C/CC/C=C/CC/C=C/C(O)C(COC1OC(CO)C(O)C(O)C1O)NC(=O)CCCCCCCCC/C=C\CCCCCCCCCCCOC(=O)CCCCCCCCCCC/C=C\CCCCCCCC. The average Bonchev–Trinajstić information content (AvgIpc) is 3.42. The van der Waals surface area contributed by atoms with Crippen LogP contribution in [0, 0.1) is 0 Å². The first kappa shape index (κ1) is 71.4. The molecule has 1 amide bonds. The first-order chi connectivity index (χ1) is 37.2. The molecule has 7 atom stereocenters. The van der Waals surface area contributed by atoms with Gasteiger partial charge in [-0.1, -0.05) is 222 Å². The summed E-state index contributed by atoms with van der Waals surface area (Å²) in [6.45, 7) is 4.07. The van der Waals surface area contributed by atoms with Crippen molar-refractivity contribution in [3.8, 4) is 0 Å². The number of carbonyl (C=O) groups excluding carboxylic acids is 2. The molecule has 0 bridgehead atoms. The molecule has 1 aliphatic heterocycles. The molecule has 76 heavy (non-hydrogen) atoms. The zero-order chi connectivity index (χ0) is 55.2. The Morgan fingerprint density at radius 3 is 1.38 bits per heavy atom. The molecule has 1 fully saturated rings. The van der Waals surface area contributed by atoms with Crippen molar-refractivity contribution in [2.75, 3.05) is 19.8 Å². The minimum absolute atomic E-state index is 0.00981. The van der Waals surface area contributed by atoms with Crippen molar-refractivity contribution in [3.05, 3.63) is 60.8 Å². The van der Waals surface area contributed by atoms with Crippen LogP contribution in [-0.2, 0) is 23.8 Å². The lowest BCUT2D eigenvalue weighted by Gasteiger charge is -2.40. The normalized spacial score (nSPS) is 19.1. The molecule has 1 saturated heterocycles. The third-order valence-electron chi connectivity index (χ3n) is 14.6. The summed E-state index contributed by atoms with van der Waals surface area (Å²) in [7, 11) is 0. The lowest BCUT2D eigenvalue weighted by atomic mass is 9.99. The van der Waals surface area contributed by atoms with E-state index in [1.807, 2.05) is 19.1 Å². The van der Waals surface area contributed by atoms with Crippen LogP contribution in [0.5, 0.6) is 0 Å². The van der Waals surface area contributed by atoms with E-state index in [1.54, 1.807) is 6.08 Å². The summed E-state index contributed by atoms with van der Waals surface area (Å²) in [4.78, 5) is 25.1. The minimum atomic E-state index is -1.58. The summed E-state index contributed by atoms with van der Waals surface area (Å²) < 4.78 is 16.7. The van der Waals surface area contributed by atoms with Crippen LogP contribution >= 0.6 is 0 Å². The van der Waals surface area contributed by atoms with Gasteiger partial charge in [-0.2, -0.15) is 0 Å². The average molecular weight is 1070 g/mol. The quantitative estimate of drug-likeness (QED) is 0.0195. The van der Waals surface area contributed by atoms with E-state index in [9.17, 15) is 35.1 Å². The number of ether oxygens (including phenoxy) is 3. The topological polar surface area (TPSA) is 175 Å². The molecule has 1 heterocycles. The predicted molar refractivity (Wildman–Crippen MR) is 315 cm³/mol. The van der Waals surface area contributed by atoms with E-state index in [0.29, 0.717) is 25.9 Å². The Labute approximate surface area is 465 Å². The fourth-order valence-electron chi connectivity index (χ4n) is 9.64. The van der Waals surface area contributed by atoms with Crippen LogP contribution in [0.25, 0.3) is 0 Å². The van der Waals surface area contributed by atoms with Gasteiger partial charge in [0.05, 0.1) is 32.0 Å². The van der Waals surface area contributed by atoms with Gasteiger partial charge in [0.2, 0.25) is 5.91 Å². The van der Waals surface area contributed by atoms with Crippen LogP contribution in [0.15, 0.2) is 60.8 Å². The third-order valence-corrected chi connectivity index (χ3v) is 14.6. The number of aliphatic hydroxyl groups excluding tert-OH is 5. The van der Waals surface area contributed by atoms with E-state index in [2.05, 4.69) is 54.8 Å². The number of aliphatic hydroxyl groups is 5. The number of carbonyl (C=O) groups is 2. The highest BCUT2D eigenvalue weighted by molar-refractivity contribution is 5.76. The van der Waals surface area contributed by atoms with E-state index in [-0.39, 0.29) is 18.5 Å². The second-order valence-corrected chi connectivity index (χ2v) is 21.7. The molecule has 0 saturated carbocycles. The molecular formula is C65H117NO10. The minimum Gasteiger partial charge on any atom is -0.466 e. The number of hydrogen-bond acceptors (Lipinski definition) is 10. The van der Waals surface area contributed by atoms with Crippen LogP contribution in [0.1, 0.15) is 277 Å². The van der Waals surface area contributed by atoms with Crippen molar-refractivity contribution in [1.29, 1.82) is 0 Å². The molecule has 11 heteroatoms. The van der Waals surface area contributed by atoms with E-state index in [0.717, 1.165) is 77.0 Å². The molecule has 0 aromatic heterocycles. The van der Waals surface area contributed by atoms with Crippen LogP contribution in [-0.4, -0.2) is 100 Å². The van der Waals surface area contributed by atoms with Crippen molar-refractivity contribution >= 4 is 11.9 Å². The van der Waals surface area contributed by atoms with Crippen LogP contribution in [0.3, 0.4) is 0 Å². The van der Waals surface area contributed by atoms with E-state index in [1.165, 1.54) is 167 Å². The smallest absolute Gasteiger partial charge is 0.305 e. The van der Waals surface area contributed by atoms with Crippen LogP contribution < -0.4 is 5.32 Å². The third kappa shape index (κ3) is 43.3. The molecule has 0 spiro atoms. The highest BCUT2D eigenvalue weighted by Crippen LogP contribution is 2.23. The van der Waals surface area contributed by atoms with Gasteiger partial charge in [0.15, 0.2) is 6.29 Å².